The lowest BCUT2D eigenvalue weighted by Gasteiger charge is -2.19. The molecule has 3 nitrogen and oxygen atoms in total. The maximum absolute atomic E-state index is 13.4. The molecule has 1 aromatic carbocycles. The van der Waals surface area contributed by atoms with E-state index in [0.717, 1.165) is 26.0 Å². The predicted molar refractivity (Wildman–Crippen MR) is 52.1 cm³/mol. The number of alkyl halides is 2. The molecule has 1 aromatic rings. The van der Waals surface area contributed by atoms with Crippen LogP contribution in [0.3, 0.4) is 0 Å². The SMILES string of the molecule is CC(C)(F)C(F)c1ccc([N+](=O)[O-])cc1. The fourth-order valence-corrected chi connectivity index (χ4v) is 1.16. The second-order valence-corrected chi connectivity index (χ2v) is 3.78. The highest BCUT2D eigenvalue weighted by Crippen LogP contribution is 2.33. The number of benzene rings is 1. The normalized spacial score (nSPS) is 13.6. The highest BCUT2D eigenvalue weighted by molar-refractivity contribution is 5.34. The van der Waals surface area contributed by atoms with Crippen LogP contribution in [0, 0.1) is 10.1 Å². The Labute approximate surface area is 85.9 Å². The van der Waals surface area contributed by atoms with Gasteiger partial charge in [0, 0.05) is 12.1 Å². The number of nitro benzene ring substituents is 1. The molecule has 1 unspecified atom stereocenters. The van der Waals surface area contributed by atoms with Crippen LogP contribution in [-0.4, -0.2) is 10.6 Å². The molecule has 0 fully saturated rings. The van der Waals surface area contributed by atoms with Crippen molar-refractivity contribution in [1.29, 1.82) is 0 Å². The van der Waals surface area contributed by atoms with Crippen molar-refractivity contribution in [3.05, 3.63) is 39.9 Å². The first-order chi connectivity index (χ1) is 6.82. The molecule has 1 atom stereocenters. The molecular weight excluding hydrogens is 204 g/mol. The quantitative estimate of drug-likeness (QED) is 0.573. The minimum absolute atomic E-state index is 0.105. The summed E-state index contributed by atoms with van der Waals surface area (Å²) in [6.07, 6.45) is -1.78. The Kier molecular flexibility index (Phi) is 3.02. The fourth-order valence-electron chi connectivity index (χ4n) is 1.16. The van der Waals surface area contributed by atoms with Crippen LogP contribution in [0.4, 0.5) is 14.5 Å². The summed E-state index contributed by atoms with van der Waals surface area (Å²) in [5.41, 5.74) is -2.02. The van der Waals surface area contributed by atoms with Gasteiger partial charge in [-0.2, -0.15) is 0 Å². The first-order valence-electron chi connectivity index (χ1n) is 4.39. The van der Waals surface area contributed by atoms with E-state index in [9.17, 15) is 18.9 Å². The third-order valence-corrected chi connectivity index (χ3v) is 2.00. The molecule has 5 heteroatoms. The third-order valence-electron chi connectivity index (χ3n) is 2.00. The second-order valence-electron chi connectivity index (χ2n) is 3.78. The average molecular weight is 215 g/mol. The molecule has 0 saturated carbocycles. The van der Waals surface area contributed by atoms with Gasteiger partial charge >= 0.3 is 0 Å². The molecule has 0 radical (unpaired) electrons. The van der Waals surface area contributed by atoms with Crippen molar-refractivity contribution in [3.63, 3.8) is 0 Å². The zero-order valence-electron chi connectivity index (χ0n) is 8.41. The molecule has 0 N–H and O–H groups in total. The van der Waals surface area contributed by atoms with E-state index in [1.165, 1.54) is 12.1 Å². The van der Waals surface area contributed by atoms with Crippen molar-refractivity contribution >= 4 is 5.69 Å². The molecule has 1 rings (SSSR count). The number of nitro groups is 1. The van der Waals surface area contributed by atoms with E-state index in [1.807, 2.05) is 0 Å². The summed E-state index contributed by atoms with van der Waals surface area (Å²) in [7, 11) is 0. The molecule has 0 saturated heterocycles. The average Bonchev–Trinajstić information content (AvgIpc) is 2.15. The molecule has 0 amide bonds. The molecule has 0 heterocycles. The van der Waals surface area contributed by atoms with E-state index in [2.05, 4.69) is 0 Å². The van der Waals surface area contributed by atoms with Crippen LogP contribution in [0.15, 0.2) is 24.3 Å². The van der Waals surface area contributed by atoms with Crippen LogP contribution in [-0.2, 0) is 0 Å². The van der Waals surface area contributed by atoms with Crippen LogP contribution in [0.25, 0.3) is 0 Å². The first kappa shape index (κ1) is 11.6. The Bertz CT molecular complexity index is 357. The fraction of sp³-hybridized carbons (Fsp3) is 0.400. The summed E-state index contributed by atoms with van der Waals surface area (Å²) in [5.74, 6) is 0. The predicted octanol–water partition coefficient (Wildman–Crippen LogP) is 3.35. The third kappa shape index (κ3) is 2.71. The standard InChI is InChI=1S/C10H11F2NO2/c1-10(2,12)9(11)7-3-5-8(6-4-7)13(14)15/h3-6,9H,1-2H3. The van der Waals surface area contributed by atoms with Crippen molar-refractivity contribution in [3.8, 4) is 0 Å². The lowest BCUT2D eigenvalue weighted by Crippen LogP contribution is -2.19. The molecule has 0 aromatic heterocycles. The number of hydrogen-bond donors (Lipinski definition) is 0. The van der Waals surface area contributed by atoms with Gasteiger partial charge in [-0.3, -0.25) is 10.1 Å². The summed E-state index contributed by atoms with van der Waals surface area (Å²) < 4.78 is 26.6. The number of rotatable bonds is 3. The molecule has 0 aliphatic rings. The lowest BCUT2D eigenvalue weighted by atomic mass is 9.98. The molecule has 0 aliphatic carbocycles. The van der Waals surface area contributed by atoms with Crippen LogP contribution < -0.4 is 0 Å². The van der Waals surface area contributed by atoms with E-state index in [4.69, 9.17) is 0 Å². The summed E-state index contributed by atoms with van der Waals surface area (Å²) in [4.78, 5) is 9.73. The monoisotopic (exact) mass is 215 g/mol. The van der Waals surface area contributed by atoms with Gasteiger partial charge in [-0.25, -0.2) is 8.78 Å². The number of non-ortho nitro benzene ring substituents is 1. The zero-order chi connectivity index (χ0) is 11.6. The highest BCUT2D eigenvalue weighted by atomic mass is 19.2. The van der Waals surface area contributed by atoms with Crippen LogP contribution in [0.5, 0.6) is 0 Å². The number of nitrogens with zero attached hydrogens (tertiary/aromatic N) is 1. The van der Waals surface area contributed by atoms with Gasteiger partial charge in [-0.1, -0.05) is 0 Å². The van der Waals surface area contributed by atoms with Crippen molar-refractivity contribution in [1.82, 2.24) is 0 Å². The summed E-state index contributed by atoms with van der Waals surface area (Å²) in [6.45, 7) is 2.25. The number of hydrogen-bond acceptors (Lipinski definition) is 2. The van der Waals surface area contributed by atoms with Crippen molar-refractivity contribution in [2.24, 2.45) is 0 Å². The van der Waals surface area contributed by atoms with Crippen LogP contribution >= 0.6 is 0 Å². The number of halogens is 2. The van der Waals surface area contributed by atoms with Crippen molar-refractivity contribution < 1.29 is 13.7 Å². The van der Waals surface area contributed by atoms with Gasteiger partial charge in [0.1, 0.15) is 5.67 Å². The maximum Gasteiger partial charge on any atom is 0.269 e. The Balaban J connectivity index is 2.94. The van der Waals surface area contributed by atoms with Gasteiger partial charge in [0.05, 0.1) is 4.92 Å². The van der Waals surface area contributed by atoms with Gasteiger partial charge < -0.3 is 0 Å². The van der Waals surface area contributed by atoms with Gasteiger partial charge in [0.25, 0.3) is 5.69 Å². The van der Waals surface area contributed by atoms with Crippen LogP contribution in [0.1, 0.15) is 25.6 Å². The molecular formula is C10H11F2NO2. The van der Waals surface area contributed by atoms with Gasteiger partial charge in [-0.05, 0) is 31.5 Å². The Morgan fingerprint density at radius 3 is 2.13 bits per heavy atom. The van der Waals surface area contributed by atoms with Gasteiger partial charge in [-0.15, -0.1) is 0 Å². The first-order valence-corrected chi connectivity index (χ1v) is 4.39. The Hall–Kier alpha value is -1.52. The van der Waals surface area contributed by atoms with Gasteiger partial charge in [0.15, 0.2) is 6.17 Å². The minimum atomic E-state index is -1.99. The topological polar surface area (TPSA) is 43.1 Å². The Morgan fingerprint density at radius 2 is 1.80 bits per heavy atom. The van der Waals surface area contributed by atoms with Crippen LogP contribution in [0.2, 0.25) is 0 Å². The van der Waals surface area contributed by atoms with E-state index in [-0.39, 0.29) is 11.3 Å². The molecule has 0 bridgehead atoms. The highest BCUT2D eigenvalue weighted by Gasteiger charge is 2.30. The molecule has 0 aliphatic heterocycles. The minimum Gasteiger partial charge on any atom is -0.258 e. The zero-order valence-corrected chi connectivity index (χ0v) is 8.41. The molecule has 15 heavy (non-hydrogen) atoms. The van der Waals surface area contributed by atoms with E-state index in [1.54, 1.807) is 0 Å². The molecule has 82 valence electrons. The van der Waals surface area contributed by atoms with E-state index >= 15 is 0 Å². The van der Waals surface area contributed by atoms with E-state index in [0.29, 0.717) is 0 Å². The smallest absolute Gasteiger partial charge is 0.258 e. The molecule has 0 spiro atoms. The Morgan fingerprint density at radius 1 is 1.33 bits per heavy atom. The van der Waals surface area contributed by atoms with Gasteiger partial charge in [0.2, 0.25) is 0 Å². The summed E-state index contributed by atoms with van der Waals surface area (Å²) in [5, 5.41) is 10.3. The second kappa shape index (κ2) is 3.92. The van der Waals surface area contributed by atoms with Crippen molar-refractivity contribution in [2.45, 2.75) is 25.7 Å². The summed E-state index contributed by atoms with van der Waals surface area (Å²) >= 11 is 0. The summed E-state index contributed by atoms with van der Waals surface area (Å²) in [6, 6.07) is 4.77. The van der Waals surface area contributed by atoms with Crippen molar-refractivity contribution in [2.75, 3.05) is 0 Å². The lowest BCUT2D eigenvalue weighted by molar-refractivity contribution is -0.384. The maximum atomic E-state index is 13.4. The van der Waals surface area contributed by atoms with E-state index < -0.39 is 16.8 Å². The largest absolute Gasteiger partial charge is 0.269 e.